The molecule has 1 unspecified atom stereocenters. The average molecular weight is 288 g/mol. The molecule has 0 aromatic heterocycles. The van der Waals surface area contributed by atoms with Gasteiger partial charge in [0.25, 0.3) is 11.6 Å². The van der Waals surface area contributed by atoms with Crippen molar-refractivity contribution in [3.63, 3.8) is 0 Å². The summed E-state index contributed by atoms with van der Waals surface area (Å²) in [4.78, 5) is 36.1. The molecular weight excluding hydrogens is 272 g/mol. The summed E-state index contributed by atoms with van der Waals surface area (Å²) in [5.74, 6) is -1.96. The molecule has 0 bridgehead atoms. The summed E-state index contributed by atoms with van der Waals surface area (Å²) in [5, 5.41) is 11.2. The van der Waals surface area contributed by atoms with Gasteiger partial charge in [0.2, 0.25) is 5.91 Å². The van der Waals surface area contributed by atoms with Crippen molar-refractivity contribution in [3.05, 3.63) is 0 Å². The summed E-state index contributed by atoms with van der Waals surface area (Å²) < 4.78 is 4.55. The maximum Gasteiger partial charge on any atom is 0.327 e. The minimum atomic E-state index is -1.45. The van der Waals surface area contributed by atoms with Gasteiger partial charge in [0.1, 0.15) is 11.4 Å². The summed E-state index contributed by atoms with van der Waals surface area (Å²) >= 11 is 1.32. The number of hydrogen-bond acceptors (Lipinski definition) is 5. The van der Waals surface area contributed by atoms with Gasteiger partial charge >= 0.3 is 5.97 Å². The van der Waals surface area contributed by atoms with Gasteiger partial charge < -0.3 is 20.1 Å². The molecule has 2 amide bonds. The lowest BCUT2D eigenvalue weighted by Gasteiger charge is -2.51. The standard InChI is InChI=1S/C11H16N2O5S/c1-5(14)12-11(18-4)8(17)13-6(7(15)16)10(2,3)19-9(11)13/h6,9H,1-4H3,(H,12,14)(H,15,16)/t6-,9+,11?/m0/s1. The molecule has 2 fully saturated rings. The van der Waals surface area contributed by atoms with Gasteiger partial charge in [-0.3, -0.25) is 9.59 Å². The highest BCUT2D eigenvalue weighted by atomic mass is 32.2. The number of thioether (sulfide) groups is 1. The highest BCUT2D eigenvalue weighted by Crippen LogP contribution is 2.54. The summed E-state index contributed by atoms with van der Waals surface area (Å²) in [7, 11) is 1.33. The Kier molecular flexibility index (Phi) is 3.06. The van der Waals surface area contributed by atoms with Crippen LogP contribution < -0.4 is 5.32 Å². The number of fused-ring (bicyclic) bond motifs is 1. The molecule has 0 spiro atoms. The first-order valence-corrected chi connectivity index (χ1v) is 6.62. The molecule has 0 aromatic carbocycles. The van der Waals surface area contributed by atoms with E-state index in [0.29, 0.717) is 0 Å². The fourth-order valence-corrected chi connectivity index (χ4v) is 4.32. The molecule has 2 saturated heterocycles. The zero-order chi connectivity index (χ0) is 14.6. The Balaban J connectivity index is 2.36. The quantitative estimate of drug-likeness (QED) is 0.542. The first-order chi connectivity index (χ1) is 8.67. The third kappa shape index (κ3) is 1.73. The van der Waals surface area contributed by atoms with Crippen LogP contribution in [-0.4, -0.2) is 56.8 Å². The topological polar surface area (TPSA) is 95.9 Å². The average Bonchev–Trinajstić information content (AvgIpc) is 2.55. The number of carbonyl (C=O) groups excluding carboxylic acids is 2. The molecule has 106 valence electrons. The molecule has 0 aliphatic carbocycles. The van der Waals surface area contributed by atoms with Gasteiger partial charge in [0.15, 0.2) is 0 Å². The van der Waals surface area contributed by atoms with Gasteiger partial charge in [-0.1, -0.05) is 0 Å². The van der Waals surface area contributed by atoms with E-state index in [0.717, 1.165) is 0 Å². The Morgan fingerprint density at radius 1 is 1.47 bits per heavy atom. The Bertz CT molecular complexity index is 466. The molecule has 2 aliphatic rings. The van der Waals surface area contributed by atoms with E-state index in [4.69, 9.17) is 4.74 Å². The molecule has 0 radical (unpaired) electrons. The number of rotatable bonds is 3. The predicted molar refractivity (Wildman–Crippen MR) is 67.3 cm³/mol. The van der Waals surface area contributed by atoms with Crippen LogP contribution in [0.1, 0.15) is 20.8 Å². The van der Waals surface area contributed by atoms with Gasteiger partial charge in [-0.15, -0.1) is 11.8 Å². The SMILES string of the molecule is COC1(NC(C)=O)C(=O)N2[C@@H](C(=O)O)C(C)(C)S[C@@H]21. The van der Waals surface area contributed by atoms with Crippen molar-refractivity contribution < 1.29 is 24.2 Å². The molecule has 2 N–H and O–H groups in total. The maximum absolute atomic E-state index is 12.2. The first-order valence-electron chi connectivity index (χ1n) is 5.74. The Morgan fingerprint density at radius 3 is 2.47 bits per heavy atom. The lowest BCUT2D eigenvalue weighted by atomic mass is 9.93. The van der Waals surface area contributed by atoms with E-state index < -0.39 is 39.7 Å². The fraction of sp³-hybridized carbons (Fsp3) is 0.727. The second-order valence-corrected chi connectivity index (χ2v) is 6.88. The molecule has 2 heterocycles. The Labute approximate surface area is 114 Å². The number of nitrogens with one attached hydrogen (secondary N) is 1. The van der Waals surface area contributed by atoms with Crippen LogP contribution in [0.4, 0.5) is 0 Å². The minimum Gasteiger partial charge on any atom is -0.480 e. The highest BCUT2D eigenvalue weighted by molar-refractivity contribution is 8.01. The molecule has 0 aromatic rings. The van der Waals surface area contributed by atoms with Crippen LogP contribution in [0.15, 0.2) is 0 Å². The maximum atomic E-state index is 12.2. The number of methoxy groups -OCH3 is 1. The zero-order valence-electron chi connectivity index (χ0n) is 11.1. The third-order valence-corrected chi connectivity index (χ3v) is 5.04. The summed E-state index contributed by atoms with van der Waals surface area (Å²) in [6.07, 6.45) is 0. The molecule has 8 heteroatoms. The highest BCUT2D eigenvalue weighted by Gasteiger charge is 2.72. The molecule has 7 nitrogen and oxygen atoms in total. The van der Waals surface area contributed by atoms with Gasteiger partial charge in [-0.2, -0.15) is 0 Å². The van der Waals surface area contributed by atoms with Gasteiger partial charge in [0, 0.05) is 18.8 Å². The number of amides is 2. The van der Waals surface area contributed by atoms with Gasteiger partial charge in [-0.05, 0) is 13.8 Å². The molecule has 2 rings (SSSR count). The van der Waals surface area contributed by atoms with Crippen molar-refractivity contribution in [3.8, 4) is 0 Å². The van der Waals surface area contributed by atoms with E-state index in [1.165, 1.54) is 30.7 Å². The van der Waals surface area contributed by atoms with Crippen molar-refractivity contribution in [1.82, 2.24) is 10.2 Å². The van der Waals surface area contributed by atoms with E-state index >= 15 is 0 Å². The Hall–Kier alpha value is -1.28. The smallest absolute Gasteiger partial charge is 0.327 e. The Morgan fingerprint density at radius 2 is 2.05 bits per heavy atom. The fourth-order valence-electron chi connectivity index (χ4n) is 2.65. The van der Waals surface area contributed by atoms with Gasteiger partial charge in [0.05, 0.1) is 0 Å². The number of aliphatic carboxylic acids is 1. The monoisotopic (exact) mass is 288 g/mol. The predicted octanol–water partition coefficient (Wildman–Crippen LogP) is -0.388. The van der Waals surface area contributed by atoms with E-state index in [2.05, 4.69) is 5.32 Å². The number of carbonyl (C=O) groups is 3. The largest absolute Gasteiger partial charge is 0.480 e. The second kappa shape index (κ2) is 4.11. The van der Waals surface area contributed by atoms with Crippen molar-refractivity contribution in [2.45, 2.75) is 42.7 Å². The summed E-state index contributed by atoms with van der Waals surface area (Å²) in [5.41, 5.74) is -1.45. The van der Waals surface area contributed by atoms with E-state index in [9.17, 15) is 19.5 Å². The molecular formula is C11H16N2O5S. The van der Waals surface area contributed by atoms with Crippen LogP contribution in [0.25, 0.3) is 0 Å². The summed E-state index contributed by atoms with van der Waals surface area (Å²) in [6.45, 7) is 4.81. The second-order valence-electron chi connectivity index (χ2n) is 5.15. The van der Waals surface area contributed by atoms with Crippen molar-refractivity contribution >= 4 is 29.5 Å². The van der Waals surface area contributed by atoms with E-state index in [1.807, 2.05) is 0 Å². The summed E-state index contributed by atoms with van der Waals surface area (Å²) in [6, 6.07) is -0.924. The third-order valence-electron chi connectivity index (χ3n) is 3.42. The molecule has 19 heavy (non-hydrogen) atoms. The van der Waals surface area contributed by atoms with Crippen LogP contribution in [0.2, 0.25) is 0 Å². The van der Waals surface area contributed by atoms with Crippen LogP contribution in [0, 0.1) is 0 Å². The van der Waals surface area contributed by atoms with Crippen molar-refractivity contribution in [2.24, 2.45) is 0 Å². The van der Waals surface area contributed by atoms with Crippen molar-refractivity contribution in [1.29, 1.82) is 0 Å². The van der Waals surface area contributed by atoms with Crippen LogP contribution in [-0.2, 0) is 19.1 Å². The number of carboxylic acid groups (broad SMARTS) is 1. The van der Waals surface area contributed by atoms with Crippen LogP contribution >= 0.6 is 11.8 Å². The number of ether oxygens (including phenoxy) is 1. The minimum absolute atomic E-state index is 0.396. The van der Waals surface area contributed by atoms with Crippen LogP contribution in [0.3, 0.4) is 0 Å². The lowest BCUT2D eigenvalue weighted by molar-refractivity contribution is -0.200. The number of nitrogens with zero attached hydrogens (tertiary/aromatic N) is 1. The van der Waals surface area contributed by atoms with Crippen molar-refractivity contribution in [2.75, 3.05) is 7.11 Å². The van der Waals surface area contributed by atoms with Gasteiger partial charge in [-0.25, -0.2) is 4.79 Å². The normalized spacial score (nSPS) is 35.6. The lowest BCUT2D eigenvalue weighted by Crippen LogP contribution is -2.80. The molecule has 0 saturated carbocycles. The number of hydrogen-bond donors (Lipinski definition) is 2. The number of β-lactam (4-membered cyclic amide) rings is 1. The molecule has 2 aliphatic heterocycles. The van der Waals surface area contributed by atoms with E-state index in [-0.39, 0.29) is 0 Å². The number of carboxylic acids is 1. The van der Waals surface area contributed by atoms with Crippen LogP contribution in [0.5, 0.6) is 0 Å². The first kappa shape index (κ1) is 14.1. The zero-order valence-corrected chi connectivity index (χ0v) is 11.9. The van der Waals surface area contributed by atoms with E-state index in [1.54, 1.807) is 13.8 Å². The molecule has 3 atom stereocenters.